The van der Waals surface area contributed by atoms with Crippen molar-refractivity contribution in [1.82, 2.24) is 0 Å². The summed E-state index contributed by atoms with van der Waals surface area (Å²) in [5.41, 5.74) is 6.64. The molecule has 2 N–H and O–H groups in total. The van der Waals surface area contributed by atoms with Crippen molar-refractivity contribution in [2.75, 3.05) is 12.4 Å². The van der Waals surface area contributed by atoms with Crippen LogP contribution in [0.15, 0.2) is 24.3 Å². The molecule has 1 fully saturated rings. The molecule has 2 rings (SSSR count). The molecule has 3 nitrogen and oxygen atoms in total. The highest BCUT2D eigenvalue weighted by Gasteiger charge is 2.19. The van der Waals surface area contributed by atoms with Gasteiger partial charge in [0.05, 0.1) is 12.4 Å². The third-order valence-electron chi connectivity index (χ3n) is 3.64. The minimum atomic E-state index is -0.731. The molecule has 1 unspecified atom stereocenters. The Labute approximate surface area is 118 Å². The predicted octanol–water partition coefficient (Wildman–Crippen LogP) is 2.61. The first-order valence-electron chi connectivity index (χ1n) is 7.08. The van der Waals surface area contributed by atoms with Gasteiger partial charge < -0.3 is 10.5 Å². The predicted molar refractivity (Wildman–Crippen MR) is 79.7 cm³/mol. The van der Waals surface area contributed by atoms with Crippen LogP contribution in [0.4, 0.5) is 0 Å². The summed E-state index contributed by atoms with van der Waals surface area (Å²) in [7, 11) is -0.731. The molecule has 0 amide bonds. The molecule has 0 heterocycles. The third-order valence-corrected chi connectivity index (χ3v) is 5.42. The molecule has 0 aliphatic heterocycles. The van der Waals surface area contributed by atoms with Crippen molar-refractivity contribution in [2.24, 2.45) is 5.73 Å². The molecule has 1 aliphatic carbocycles. The van der Waals surface area contributed by atoms with Crippen LogP contribution >= 0.6 is 0 Å². The Kier molecular flexibility index (Phi) is 5.86. The highest BCUT2D eigenvalue weighted by molar-refractivity contribution is 7.85. The fourth-order valence-electron chi connectivity index (χ4n) is 2.46. The van der Waals surface area contributed by atoms with Crippen LogP contribution in [0.25, 0.3) is 0 Å². The quantitative estimate of drug-likeness (QED) is 0.872. The smallest absolute Gasteiger partial charge is 0.119 e. The Bertz CT molecular complexity index is 399. The highest BCUT2D eigenvalue weighted by Crippen LogP contribution is 2.22. The zero-order valence-corrected chi connectivity index (χ0v) is 12.2. The Morgan fingerprint density at radius 1 is 1.16 bits per heavy atom. The zero-order chi connectivity index (χ0) is 13.5. The van der Waals surface area contributed by atoms with Gasteiger partial charge in [-0.15, -0.1) is 0 Å². The molecule has 0 saturated heterocycles. The highest BCUT2D eigenvalue weighted by atomic mass is 32.2. The minimum absolute atomic E-state index is 0.400. The minimum Gasteiger partial charge on any atom is -0.493 e. The van der Waals surface area contributed by atoms with Crippen molar-refractivity contribution in [3.8, 4) is 5.75 Å². The van der Waals surface area contributed by atoms with Crippen molar-refractivity contribution in [2.45, 2.75) is 43.9 Å². The van der Waals surface area contributed by atoms with Crippen LogP contribution < -0.4 is 10.5 Å². The summed E-state index contributed by atoms with van der Waals surface area (Å²) in [5, 5.41) is 0.400. The van der Waals surface area contributed by atoms with Crippen molar-refractivity contribution in [3.63, 3.8) is 0 Å². The van der Waals surface area contributed by atoms with Crippen LogP contribution in [-0.4, -0.2) is 21.8 Å². The van der Waals surface area contributed by atoms with Gasteiger partial charge in [0.1, 0.15) is 5.75 Å². The van der Waals surface area contributed by atoms with E-state index in [1.807, 2.05) is 24.3 Å². The molecule has 1 aliphatic rings. The first-order valence-corrected chi connectivity index (χ1v) is 8.47. The van der Waals surface area contributed by atoms with Gasteiger partial charge in [0, 0.05) is 22.6 Å². The van der Waals surface area contributed by atoms with E-state index < -0.39 is 10.8 Å². The standard InChI is InChI=1S/C15H23NO2S/c16-12-13-6-8-14(9-7-13)18-10-11-19(17)15-4-2-1-3-5-15/h6-9,15H,1-5,10-12,16H2. The Hall–Kier alpha value is -0.870. The molecule has 0 radical (unpaired) electrons. The van der Waals surface area contributed by atoms with Gasteiger partial charge >= 0.3 is 0 Å². The second-order valence-corrected chi connectivity index (χ2v) is 6.88. The monoisotopic (exact) mass is 281 g/mol. The SMILES string of the molecule is NCc1ccc(OCCS(=O)C2CCCCC2)cc1. The fraction of sp³-hybridized carbons (Fsp3) is 0.600. The summed E-state index contributed by atoms with van der Waals surface area (Å²) < 4.78 is 17.7. The molecule has 1 aromatic rings. The van der Waals surface area contributed by atoms with Crippen LogP contribution in [0.1, 0.15) is 37.7 Å². The van der Waals surface area contributed by atoms with Crippen molar-refractivity contribution in [1.29, 1.82) is 0 Å². The van der Waals surface area contributed by atoms with E-state index in [9.17, 15) is 4.21 Å². The van der Waals surface area contributed by atoms with E-state index in [4.69, 9.17) is 10.5 Å². The first kappa shape index (κ1) is 14.5. The molecule has 19 heavy (non-hydrogen) atoms. The van der Waals surface area contributed by atoms with Crippen molar-refractivity contribution < 1.29 is 8.95 Å². The van der Waals surface area contributed by atoms with E-state index in [-0.39, 0.29) is 0 Å². The summed E-state index contributed by atoms with van der Waals surface area (Å²) in [5.74, 6) is 1.47. The fourth-order valence-corrected chi connectivity index (χ4v) is 3.90. The van der Waals surface area contributed by atoms with Gasteiger partial charge in [-0.2, -0.15) is 0 Å². The van der Waals surface area contributed by atoms with Crippen LogP contribution in [0.3, 0.4) is 0 Å². The first-order chi connectivity index (χ1) is 9.29. The topological polar surface area (TPSA) is 52.3 Å². The van der Waals surface area contributed by atoms with E-state index in [0.717, 1.165) is 24.2 Å². The van der Waals surface area contributed by atoms with Gasteiger partial charge in [-0.3, -0.25) is 4.21 Å². The largest absolute Gasteiger partial charge is 0.493 e. The number of benzene rings is 1. The van der Waals surface area contributed by atoms with Crippen LogP contribution in [0.5, 0.6) is 5.75 Å². The number of rotatable bonds is 6. The Morgan fingerprint density at radius 2 is 1.84 bits per heavy atom. The van der Waals surface area contributed by atoms with Gasteiger partial charge in [-0.05, 0) is 30.5 Å². The van der Waals surface area contributed by atoms with E-state index in [0.29, 0.717) is 24.2 Å². The van der Waals surface area contributed by atoms with Gasteiger partial charge in [0.2, 0.25) is 0 Å². The van der Waals surface area contributed by atoms with Crippen molar-refractivity contribution >= 4 is 10.8 Å². The molecule has 1 atom stereocenters. The summed E-state index contributed by atoms with van der Waals surface area (Å²) in [4.78, 5) is 0. The maximum atomic E-state index is 12.1. The molecular formula is C15H23NO2S. The van der Waals surface area contributed by atoms with Gasteiger partial charge in [0.25, 0.3) is 0 Å². The lowest BCUT2D eigenvalue weighted by Gasteiger charge is -2.20. The normalized spacial score (nSPS) is 18.2. The summed E-state index contributed by atoms with van der Waals surface area (Å²) in [6.45, 7) is 1.08. The molecule has 0 bridgehead atoms. The van der Waals surface area contributed by atoms with Gasteiger partial charge in [-0.25, -0.2) is 0 Å². The Balaban J connectivity index is 1.71. The Morgan fingerprint density at radius 3 is 2.47 bits per heavy atom. The summed E-state index contributed by atoms with van der Waals surface area (Å²) in [6, 6.07) is 7.78. The van der Waals surface area contributed by atoms with E-state index >= 15 is 0 Å². The lowest BCUT2D eigenvalue weighted by molar-refractivity contribution is 0.342. The summed E-state index contributed by atoms with van der Waals surface area (Å²) >= 11 is 0. The maximum Gasteiger partial charge on any atom is 0.119 e. The van der Waals surface area contributed by atoms with Crippen LogP contribution in [0.2, 0.25) is 0 Å². The molecular weight excluding hydrogens is 258 g/mol. The average molecular weight is 281 g/mol. The average Bonchev–Trinajstić information content (AvgIpc) is 2.49. The molecule has 106 valence electrons. The number of hydrogen-bond acceptors (Lipinski definition) is 3. The van der Waals surface area contributed by atoms with Gasteiger partial charge in [0.15, 0.2) is 0 Å². The summed E-state index contributed by atoms with van der Waals surface area (Å²) in [6.07, 6.45) is 6.02. The second-order valence-electron chi connectivity index (χ2n) is 5.04. The molecule has 0 aromatic heterocycles. The van der Waals surface area contributed by atoms with E-state index in [2.05, 4.69) is 0 Å². The van der Waals surface area contributed by atoms with E-state index in [1.165, 1.54) is 19.3 Å². The lowest BCUT2D eigenvalue weighted by Crippen LogP contribution is -2.23. The molecule has 1 saturated carbocycles. The zero-order valence-electron chi connectivity index (χ0n) is 11.3. The molecule has 0 spiro atoms. The lowest BCUT2D eigenvalue weighted by atomic mass is 10.0. The van der Waals surface area contributed by atoms with Crippen LogP contribution in [0, 0.1) is 0 Å². The number of ether oxygens (including phenoxy) is 1. The maximum absolute atomic E-state index is 12.1. The molecule has 1 aromatic carbocycles. The molecule has 4 heteroatoms. The van der Waals surface area contributed by atoms with E-state index in [1.54, 1.807) is 0 Å². The van der Waals surface area contributed by atoms with Gasteiger partial charge in [-0.1, -0.05) is 31.4 Å². The second kappa shape index (κ2) is 7.65. The number of nitrogens with two attached hydrogens (primary N) is 1. The third kappa shape index (κ3) is 4.62. The number of hydrogen-bond donors (Lipinski definition) is 1. The van der Waals surface area contributed by atoms with Crippen molar-refractivity contribution in [3.05, 3.63) is 29.8 Å². The van der Waals surface area contributed by atoms with Crippen LogP contribution in [-0.2, 0) is 17.3 Å².